The summed E-state index contributed by atoms with van der Waals surface area (Å²) in [7, 11) is 3.43. The number of fused-ring (bicyclic) bond motifs is 3. The lowest BCUT2D eigenvalue weighted by molar-refractivity contribution is 0.170. The van der Waals surface area contributed by atoms with Gasteiger partial charge in [0.15, 0.2) is 0 Å². The lowest BCUT2D eigenvalue weighted by atomic mass is 9.79. The van der Waals surface area contributed by atoms with Gasteiger partial charge in [0, 0.05) is 26.1 Å². The highest BCUT2D eigenvalue weighted by atomic mass is 35.5. The van der Waals surface area contributed by atoms with Crippen molar-refractivity contribution in [3.05, 3.63) is 29.3 Å². The summed E-state index contributed by atoms with van der Waals surface area (Å²) in [6, 6.07) is 6.84. The van der Waals surface area contributed by atoms with E-state index in [1.807, 2.05) is 12.1 Å². The second kappa shape index (κ2) is 11.1. The molecule has 1 aromatic carbocycles. The van der Waals surface area contributed by atoms with Crippen LogP contribution in [0.1, 0.15) is 49.1 Å². The Hall–Kier alpha value is -1.01. The second-order valence-corrected chi connectivity index (χ2v) is 7.47. The molecule has 2 atom stereocenters. The number of carbonyl (C=O) groups excluding carboxylic acids is 1. The smallest absolute Gasteiger partial charge is 0.410 e. The average Bonchev–Trinajstić information content (AvgIpc) is 3.02. The Balaban J connectivity index is 0.00000182. The molecular formula is C20H33Cl2N3O2. The second-order valence-electron chi connectivity index (χ2n) is 7.47. The predicted octanol–water partition coefficient (Wildman–Crippen LogP) is 3.82. The van der Waals surface area contributed by atoms with Gasteiger partial charge in [-0.1, -0.05) is 18.6 Å². The molecule has 0 aromatic heterocycles. The highest BCUT2D eigenvalue weighted by Crippen LogP contribution is 2.44. The molecule has 1 amide bonds. The fourth-order valence-electron chi connectivity index (χ4n) is 4.35. The van der Waals surface area contributed by atoms with E-state index in [1.165, 1.54) is 48.4 Å². The lowest BCUT2D eigenvalue weighted by Gasteiger charge is -2.34. The highest BCUT2D eigenvalue weighted by molar-refractivity contribution is 5.85. The molecule has 1 saturated heterocycles. The molecule has 154 valence electrons. The highest BCUT2D eigenvalue weighted by Gasteiger charge is 2.39. The van der Waals surface area contributed by atoms with Crippen molar-refractivity contribution in [3.63, 3.8) is 0 Å². The van der Waals surface area contributed by atoms with Gasteiger partial charge in [-0.25, -0.2) is 4.79 Å². The predicted molar refractivity (Wildman–Crippen MR) is 115 cm³/mol. The summed E-state index contributed by atoms with van der Waals surface area (Å²) >= 11 is 0. The van der Waals surface area contributed by atoms with Gasteiger partial charge < -0.3 is 15.4 Å². The number of likely N-dealkylation sites (tertiary alicyclic amines) is 1. The lowest BCUT2D eigenvalue weighted by Crippen LogP contribution is -2.36. The Morgan fingerprint density at radius 3 is 2.70 bits per heavy atom. The van der Waals surface area contributed by atoms with E-state index >= 15 is 0 Å². The van der Waals surface area contributed by atoms with Gasteiger partial charge in [-0.15, -0.1) is 24.8 Å². The SMILES string of the molecule is CN(C)C(=O)Oc1cccc2c1CC[C@@H]1[C@H]2CCN1CCCCCN.Cl.Cl. The maximum absolute atomic E-state index is 11.9. The molecule has 7 heteroatoms. The summed E-state index contributed by atoms with van der Waals surface area (Å²) in [5, 5.41) is 0. The summed E-state index contributed by atoms with van der Waals surface area (Å²) in [5.41, 5.74) is 8.23. The van der Waals surface area contributed by atoms with Gasteiger partial charge in [-0.2, -0.15) is 0 Å². The number of rotatable bonds is 6. The summed E-state index contributed by atoms with van der Waals surface area (Å²) in [6.07, 6.45) is 6.66. The zero-order valence-electron chi connectivity index (χ0n) is 16.4. The van der Waals surface area contributed by atoms with Crippen LogP contribution in [0.15, 0.2) is 18.2 Å². The first kappa shape index (κ1) is 24.0. The largest absolute Gasteiger partial charge is 0.414 e. The number of amides is 1. The average molecular weight is 418 g/mol. The van der Waals surface area contributed by atoms with Crippen LogP contribution in [0.5, 0.6) is 5.75 Å². The normalized spacial score (nSPS) is 20.7. The van der Waals surface area contributed by atoms with Crippen LogP contribution >= 0.6 is 24.8 Å². The number of nitrogens with zero attached hydrogens (tertiary/aromatic N) is 2. The van der Waals surface area contributed by atoms with Gasteiger partial charge in [-0.3, -0.25) is 4.90 Å². The molecule has 3 rings (SSSR count). The van der Waals surface area contributed by atoms with Crippen LogP contribution in [0, 0.1) is 0 Å². The molecule has 0 spiro atoms. The third kappa shape index (κ3) is 5.50. The standard InChI is InChI=1S/C20H31N3O2.2ClH/c1-22(2)20(24)25-19-8-6-7-15-16-11-14-23(13-5-3-4-12-21)18(16)10-9-17(15)19;;/h6-8,16,18H,3-5,9-14,21H2,1-2H3;2*1H/t16-,18+;;/m0../s1. The monoisotopic (exact) mass is 417 g/mol. The zero-order chi connectivity index (χ0) is 17.8. The molecule has 0 bridgehead atoms. The van der Waals surface area contributed by atoms with Crippen molar-refractivity contribution in [2.75, 3.05) is 33.7 Å². The number of nitrogens with two attached hydrogens (primary N) is 1. The number of hydrogen-bond donors (Lipinski definition) is 1. The fourth-order valence-corrected chi connectivity index (χ4v) is 4.35. The molecule has 0 saturated carbocycles. The molecule has 1 heterocycles. The molecule has 0 radical (unpaired) electrons. The number of unbranched alkanes of at least 4 members (excludes halogenated alkanes) is 2. The minimum Gasteiger partial charge on any atom is -0.410 e. The first-order valence-corrected chi connectivity index (χ1v) is 9.57. The van der Waals surface area contributed by atoms with Crippen molar-refractivity contribution < 1.29 is 9.53 Å². The molecule has 2 N–H and O–H groups in total. The molecule has 5 nitrogen and oxygen atoms in total. The molecule has 1 fully saturated rings. The first-order chi connectivity index (χ1) is 12.1. The number of hydrogen-bond acceptors (Lipinski definition) is 4. The summed E-state index contributed by atoms with van der Waals surface area (Å²) in [5.74, 6) is 1.33. The Labute approximate surface area is 175 Å². The Kier molecular flexibility index (Phi) is 9.88. The first-order valence-electron chi connectivity index (χ1n) is 9.57. The van der Waals surface area contributed by atoms with Crippen molar-refractivity contribution in [2.24, 2.45) is 5.73 Å². The number of carbonyl (C=O) groups is 1. The number of halogens is 2. The summed E-state index contributed by atoms with van der Waals surface area (Å²) in [6.45, 7) is 3.17. The van der Waals surface area contributed by atoms with Crippen LogP contribution in [0.2, 0.25) is 0 Å². The van der Waals surface area contributed by atoms with Crippen LogP contribution in [0.3, 0.4) is 0 Å². The van der Waals surface area contributed by atoms with Crippen LogP contribution in [-0.4, -0.2) is 55.7 Å². The number of benzene rings is 1. The fraction of sp³-hybridized carbons (Fsp3) is 0.650. The van der Waals surface area contributed by atoms with Crippen molar-refractivity contribution in [2.45, 2.75) is 50.5 Å². The van der Waals surface area contributed by atoms with E-state index in [-0.39, 0.29) is 30.9 Å². The summed E-state index contributed by atoms with van der Waals surface area (Å²) < 4.78 is 5.60. The van der Waals surface area contributed by atoms with Crippen LogP contribution in [0.4, 0.5) is 4.79 Å². The van der Waals surface area contributed by atoms with Gasteiger partial charge in [0.2, 0.25) is 0 Å². The molecule has 1 aliphatic carbocycles. The van der Waals surface area contributed by atoms with E-state index in [1.54, 1.807) is 14.1 Å². The number of ether oxygens (including phenoxy) is 1. The van der Waals surface area contributed by atoms with Crippen LogP contribution in [0.25, 0.3) is 0 Å². The Morgan fingerprint density at radius 2 is 2.00 bits per heavy atom. The topological polar surface area (TPSA) is 58.8 Å². The molecule has 1 aliphatic heterocycles. The molecule has 27 heavy (non-hydrogen) atoms. The van der Waals surface area contributed by atoms with Gasteiger partial charge >= 0.3 is 6.09 Å². The minimum atomic E-state index is -0.302. The third-order valence-corrected chi connectivity index (χ3v) is 5.63. The third-order valence-electron chi connectivity index (χ3n) is 5.63. The minimum absolute atomic E-state index is 0. The van der Waals surface area contributed by atoms with Gasteiger partial charge in [0.25, 0.3) is 0 Å². The molecule has 2 aliphatic rings. The van der Waals surface area contributed by atoms with E-state index in [9.17, 15) is 4.79 Å². The van der Waals surface area contributed by atoms with Crippen molar-refractivity contribution in [1.29, 1.82) is 0 Å². The zero-order valence-corrected chi connectivity index (χ0v) is 18.0. The van der Waals surface area contributed by atoms with E-state index in [2.05, 4.69) is 11.0 Å². The van der Waals surface area contributed by atoms with Gasteiger partial charge in [0.1, 0.15) is 5.75 Å². The van der Waals surface area contributed by atoms with Crippen LogP contribution < -0.4 is 10.5 Å². The van der Waals surface area contributed by atoms with Crippen molar-refractivity contribution in [1.82, 2.24) is 9.80 Å². The molecular weight excluding hydrogens is 385 g/mol. The summed E-state index contributed by atoms with van der Waals surface area (Å²) in [4.78, 5) is 16.1. The maximum Gasteiger partial charge on any atom is 0.414 e. The van der Waals surface area contributed by atoms with E-state index in [4.69, 9.17) is 10.5 Å². The quantitative estimate of drug-likeness (QED) is 0.714. The van der Waals surface area contributed by atoms with Gasteiger partial charge in [-0.05, 0) is 68.9 Å². The molecule has 0 unspecified atom stereocenters. The van der Waals surface area contributed by atoms with Crippen molar-refractivity contribution in [3.8, 4) is 5.75 Å². The van der Waals surface area contributed by atoms with Crippen molar-refractivity contribution >= 4 is 30.9 Å². The van der Waals surface area contributed by atoms with E-state index < -0.39 is 0 Å². The Bertz CT molecular complexity index is 613. The maximum atomic E-state index is 11.9. The van der Waals surface area contributed by atoms with E-state index in [0.29, 0.717) is 12.0 Å². The van der Waals surface area contributed by atoms with Gasteiger partial charge in [0.05, 0.1) is 0 Å². The van der Waals surface area contributed by atoms with Crippen LogP contribution in [-0.2, 0) is 6.42 Å². The van der Waals surface area contributed by atoms with E-state index in [0.717, 1.165) is 31.6 Å². The Morgan fingerprint density at radius 1 is 1.22 bits per heavy atom. The molecule has 1 aromatic rings.